The van der Waals surface area contributed by atoms with Crippen molar-refractivity contribution in [3.63, 3.8) is 0 Å². The Morgan fingerprint density at radius 3 is 2.38 bits per heavy atom. The Kier molecular flexibility index (Phi) is 5.97. The number of nitrogens with one attached hydrogen (secondary N) is 1. The molecule has 2 aromatic carbocycles. The maximum atomic E-state index is 13.6. The van der Waals surface area contributed by atoms with Crippen LogP contribution in [0.15, 0.2) is 36.4 Å². The van der Waals surface area contributed by atoms with Crippen molar-refractivity contribution < 1.29 is 22.0 Å². The summed E-state index contributed by atoms with van der Waals surface area (Å²) in [6, 6.07) is 8.12. The van der Waals surface area contributed by atoms with E-state index in [9.17, 15) is 22.0 Å². The second-order valence-corrected chi connectivity index (χ2v) is 7.95. The Bertz CT molecular complexity index is 930. The van der Waals surface area contributed by atoms with Crippen LogP contribution in [0.25, 0.3) is 0 Å². The molecule has 2 rings (SSSR count). The highest BCUT2D eigenvalue weighted by molar-refractivity contribution is 7.92. The number of halogens is 2. The third kappa shape index (κ3) is 5.01. The summed E-state index contributed by atoms with van der Waals surface area (Å²) in [4.78, 5) is 12.1. The maximum absolute atomic E-state index is 13.6. The van der Waals surface area contributed by atoms with Crippen molar-refractivity contribution in [2.45, 2.75) is 20.3 Å². The highest BCUT2D eigenvalue weighted by Crippen LogP contribution is 2.24. The Morgan fingerprint density at radius 2 is 1.81 bits per heavy atom. The van der Waals surface area contributed by atoms with Crippen molar-refractivity contribution in [2.75, 3.05) is 22.4 Å². The van der Waals surface area contributed by atoms with Crippen LogP contribution in [-0.4, -0.2) is 27.1 Å². The van der Waals surface area contributed by atoms with Crippen LogP contribution in [0.1, 0.15) is 17.5 Å². The predicted octanol–water partition coefficient (Wildman–Crippen LogP) is 3.38. The van der Waals surface area contributed by atoms with Gasteiger partial charge in [-0.05, 0) is 37.6 Å². The van der Waals surface area contributed by atoms with Gasteiger partial charge < -0.3 is 5.32 Å². The van der Waals surface area contributed by atoms with E-state index in [2.05, 4.69) is 5.32 Å². The van der Waals surface area contributed by atoms with Gasteiger partial charge in [0.25, 0.3) is 0 Å². The number of anilines is 2. The fourth-order valence-corrected chi connectivity index (χ4v) is 3.54. The van der Waals surface area contributed by atoms with Crippen molar-refractivity contribution >= 4 is 27.3 Å². The first kappa shape index (κ1) is 19.8. The predicted molar refractivity (Wildman–Crippen MR) is 97.7 cm³/mol. The van der Waals surface area contributed by atoms with Crippen molar-refractivity contribution in [1.29, 1.82) is 0 Å². The molecule has 26 heavy (non-hydrogen) atoms. The molecule has 0 spiro atoms. The largest absolute Gasteiger partial charge is 0.324 e. The van der Waals surface area contributed by atoms with Gasteiger partial charge in [-0.15, -0.1) is 0 Å². The molecule has 0 radical (unpaired) electrons. The lowest BCUT2D eigenvalue weighted by atomic mass is 10.1. The Morgan fingerprint density at radius 1 is 1.12 bits per heavy atom. The van der Waals surface area contributed by atoms with Gasteiger partial charge in [-0.3, -0.25) is 9.10 Å². The molecule has 0 aliphatic carbocycles. The van der Waals surface area contributed by atoms with Crippen LogP contribution in [0.5, 0.6) is 0 Å². The molecule has 0 saturated heterocycles. The lowest BCUT2D eigenvalue weighted by Crippen LogP contribution is -2.33. The summed E-state index contributed by atoms with van der Waals surface area (Å²) in [5.74, 6) is -2.22. The summed E-state index contributed by atoms with van der Waals surface area (Å²) in [5, 5.41) is 2.32. The highest BCUT2D eigenvalue weighted by atomic mass is 32.2. The van der Waals surface area contributed by atoms with Gasteiger partial charge in [0.1, 0.15) is 11.6 Å². The third-order valence-electron chi connectivity index (χ3n) is 3.77. The number of sulfonamides is 1. The monoisotopic (exact) mass is 382 g/mol. The molecule has 1 N–H and O–H groups in total. The molecule has 140 valence electrons. The normalized spacial score (nSPS) is 11.3. The van der Waals surface area contributed by atoms with E-state index < -0.39 is 27.6 Å². The summed E-state index contributed by atoms with van der Waals surface area (Å²) in [6.45, 7) is 3.58. The van der Waals surface area contributed by atoms with Crippen LogP contribution in [0.2, 0.25) is 0 Å². The van der Waals surface area contributed by atoms with E-state index >= 15 is 0 Å². The first-order valence-electron chi connectivity index (χ1n) is 7.88. The van der Waals surface area contributed by atoms with Crippen molar-refractivity contribution in [1.82, 2.24) is 0 Å². The average molecular weight is 382 g/mol. The van der Waals surface area contributed by atoms with E-state index in [4.69, 9.17) is 0 Å². The number of carbonyl (C=O) groups excluding carboxylic acids is 1. The highest BCUT2D eigenvalue weighted by Gasteiger charge is 2.20. The van der Waals surface area contributed by atoms with Crippen LogP contribution in [0.3, 0.4) is 0 Å². The number of benzene rings is 2. The van der Waals surface area contributed by atoms with E-state index in [0.29, 0.717) is 11.8 Å². The van der Waals surface area contributed by atoms with Crippen LogP contribution >= 0.6 is 0 Å². The zero-order valence-electron chi connectivity index (χ0n) is 14.7. The summed E-state index contributed by atoms with van der Waals surface area (Å²) in [7, 11) is -3.61. The number of amides is 1. The minimum atomic E-state index is -3.61. The number of hydrogen-bond acceptors (Lipinski definition) is 3. The minimum absolute atomic E-state index is 0.0998. The molecule has 0 unspecified atom stereocenters. The molecule has 0 bridgehead atoms. The number of carbonyl (C=O) groups is 1. The summed E-state index contributed by atoms with van der Waals surface area (Å²) in [6.07, 6.45) is 0.876. The van der Waals surface area contributed by atoms with Crippen LogP contribution in [0.4, 0.5) is 20.2 Å². The van der Waals surface area contributed by atoms with Gasteiger partial charge >= 0.3 is 0 Å². The van der Waals surface area contributed by atoms with E-state index in [0.717, 1.165) is 33.8 Å². The van der Waals surface area contributed by atoms with E-state index in [1.54, 1.807) is 19.1 Å². The topological polar surface area (TPSA) is 66.5 Å². The standard InChI is InChI=1S/C18H20F2N2O3S/c1-12-4-7-17(13(2)10-12)22(26(3,24)25)9-8-18(23)21-16-6-5-14(19)11-15(16)20/h4-7,10-11H,8-9H2,1-3H3,(H,21,23). The fraction of sp³-hybridized carbons (Fsp3) is 0.278. The average Bonchev–Trinajstić information content (AvgIpc) is 2.51. The Hall–Kier alpha value is -2.48. The molecule has 0 aliphatic rings. The van der Waals surface area contributed by atoms with Gasteiger partial charge in [0, 0.05) is 19.0 Å². The van der Waals surface area contributed by atoms with Gasteiger partial charge in [0.15, 0.2) is 0 Å². The minimum Gasteiger partial charge on any atom is -0.324 e. The lowest BCUT2D eigenvalue weighted by Gasteiger charge is -2.24. The van der Waals surface area contributed by atoms with Gasteiger partial charge in [-0.25, -0.2) is 17.2 Å². The van der Waals surface area contributed by atoms with E-state index in [1.807, 2.05) is 13.0 Å². The molecular formula is C18H20F2N2O3S. The lowest BCUT2D eigenvalue weighted by molar-refractivity contribution is -0.116. The second kappa shape index (κ2) is 7.82. The molecule has 0 saturated carbocycles. The fourth-order valence-electron chi connectivity index (χ4n) is 2.56. The zero-order chi connectivity index (χ0) is 19.5. The van der Waals surface area contributed by atoms with Crippen LogP contribution in [0, 0.1) is 25.5 Å². The zero-order valence-corrected chi connectivity index (χ0v) is 15.5. The quantitative estimate of drug-likeness (QED) is 0.833. The first-order chi connectivity index (χ1) is 12.1. The molecule has 1 amide bonds. The van der Waals surface area contributed by atoms with Gasteiger partial charge in [-0.2, -0.15) is 0 Å². The van der Waals surface area contributed by atoms with Gasteiger partial charge in [0.05, 0.1) is 17.6 Å². The van der Waals surface area contributed by atoms with Gasteiger partial charge in [0.2, 0.25) is 15.9 Å². The smallest absolute Gasteiger partial charge is 0.232 e. The van der Waals surface area contributed by atoms with Crippen LogP contribution < -0.4 is 9.62 Å². The second-order valence-electron chi connectivity index (χ2n) is 6.05. The van der Waals surface area contributed by atoms with Crippen molar-refractivity contribution in [2.24, 2.45) is 0 Å². The number of rotatable bonds is 6. The first-order valence-corrected chi connectivity index (χ1v) is 9.72. The molecular weight excluding hydrogens is 362 g/mol. The number of hydrogen-bond donors (Lipinski definition) is 1. The molecule has 0 heterocycles. The van der Waals surface area contributed by atoms with Gasteiger partial charge in [-0.1, -0.05) is 17.7 Å². The summed E-state index contributed by atoms with van der Waals surface area (Å²) < 4.78 is 51.9. The Labute approximate surface area is 151 Å². The molecule has 0 atom stereocenters. The van der Waals surface area contributed by atoms with E-state index in [1.165, 1.54) is 0 Å². The van der Waals surface area contributed by atoms with Crippen molar-refractivity contribution in [3.8, 4) is 0 Å². The molecule has 8 heteroatoms. The molecule has 0 aromatic heterocycles. The molecule has 0 fully saturated rings. The maximum Gasteiger partial charge on any atom is 0.232 e. The molecule has 0 aliphatic heterocycles. The van der Waals surface area contributed by atoms with Crippen molar-refractivity contribution in [3.05, 3.63) is 59.2 Å². The third-order valence-corrected chi connectivity index (χ3v) is 4.95. The summed E-state index contributed by atoms with van der Waals surface area (Å²) >= 11 is 0. The summed E-state index contributed by atoms with van der Waals surface area (Å²) in [5.41, 5.74) is 2.08. The molecule has 5 nitrogen and oxygen atoms in total. The Balaban J connectivity index is 2.13. The SMILES string of the molecule is Cc1ccc(N(CCC(=O)Nc2ccc(F)cc2F)S(C)(=O)=O)c(C)c1. The van der Waals surface area contributed by atoms with E-state index in [-0.39, 0.29) is 18.7 Å². The van der Waals surface area contributed by atoms with Crippen LogP contribution in [-0.2, 0) is 14.8 Å². The molecule has 2 aromatic rings. The number of aryl methyl sites for hydroxylation is 2. The number of nitrogens with zero attached hydrogens (tertiary/aromatic N) is 1.